The number of nitrogens with zero attached hydrogens (tertiary/aromatic N) is 1. The Labute approximate surface area is 126 Å². The van der Waals surface area contributed by atoms with Gasteiger partial charge in [0.1, 0.15) is 4.21 Å². The smallest absolute Gasteiger partial charge is 0.252 e. The number of likely N-dealkylation sites (N-methyl/N-ethyl adjacent to an activating group) is 1. The van der Waals surface area contributed by atoms with Gasteiger partial charge >= 0.3 is 0 Å². The first-order chi connectivity index (χ1) is 9.47. The molecule has 1 aromatic rings. The third kappa shape index (κ3) is 4.15. The zero-order valence-corrected chi connectivity index (χ0v) is 14.1. The van der Waals surface area contributed by atoms with Crippen molar-refractivity contribution >= 4 is 21.4 Å². The molecule has 1 N–H and O–H groups in total. The fraction of sp³-hybridized carbons (Fsp3) is 0.571. The highest BCUT2D eigenvalue weighted by Gasteiger charge is 2.24. The van der Waals surface area contributed by atoms with Crippen LogP contribution in [0, 0.1) is 6.92 Å². The number of hydrogen-bond donors (Lipinski definition) is 1. The van der Waals surface area contributed by atoms with E-state index in [4.69, 9.17) is 0 Å². The molecule has 0 atom stereocenters. The normalized spacial score (nSPS) is 12.0. The van der Waals surface area contributed by atoms with Crippen LogP contribution in [0.4, 0.5) is 0 Å². The Bertz CT molecular complexity index is 535. The first-order valence-corrected chi connectivity index (χ1v) is 9.14. The van der Waals surface area contributed by atoms with E-state index in [1.165, 1.54) is 15.6 Å². The molecular formula is C14H24N2O2S2. The van der Waals surface area contributed by atoms with Gasteiger partial charge in [0, 0.05) is 24.5 Å². The number of aryl methyl sites for hydroxylation is 1. The van der Waals surface area contributed by atoms with E-state index in [-0.39, 0.29) is 0 Å². The zero-order valence-electron chi connectivity index (χ0n) is 12.5. The van der Waals surface area contributed by atoms with Crippen molar-refractivity contribution in [2.24, 2.45) is 0 Å². The summed E-state index contributed by atoms with van der Waals surface area (Å²) in [7, 11) is -3.39. The van der Waals surface area contributed by atoms with Crippen molar-refractivity contribution in [2.45, 2.75) is 37.9 Å². The molecule has 0 saturated carbocycles. The molecule has 114 valence electrons. The molecule has 1 heterocycles. The topological polar surface area (TPSA) is 49.4 Å². The second kappa shape index (κ2) is 7.93. The Kier molecular flexibility index (Phi) is 6.88. The Morgan fingerprint density at radius 3 is 2.70 bits per heavy atom. The summed E-state index contributed by atoms with van der Waals surface area (Å²) in [5.74, 6) is 0. The van der Waals surface area contributed by atoms with Crippen LogP contribution in [0.1, 0.15) is 30.7 Å². The quantitative estimate of drug-likeness (QED) is 0.563. The van der Waals surface area contributed by atoms with Crippen LogP contribution in [0.2, 0.25) is 0 Å². The molecule has 0 saturated heterocycles. The Hall–Kier alpha value is -0.690. The van der Waals surface area contributed by atoms with Crippen molar-refractivity contribution in [2.75, 3.05) is 19.6 Å². The predicted octanol–water partition coefficient (Wildman–Crippen LogP) is 2.75. The molecule has 0 spiro atoms. The van der Waals surface area contributed by atoms with Gasteiger partial charge in [-0.3, -0.25) is 0 Å². The number of nitrogens with one attached hydrogen (secondary N) is 1. The maximum absolute atomic E-state index is 12.5. The molecule has 0 aliphatic rings. The summed E-state index contributed by atoms with van der Waals surface area (Å²) in [5.41, 5.74) is 1.03. The lowest BCUT2D eigenvalue weighted by Gasteiger charge is -2.17. The monoisotopic (exact) mass is 316 g/mol. The second-order valence-electron chi connectivity index (χ2n) is 4.59. The first-order valence-electron chi connectivity index (χ1n) is 6.88. The fourth-order valence-corrected chi connectivity index (χ4v) is 4.97. The summed E-state index contributed by atoms with van der Waals surface area (Å²) in [6.45, 7) is 12.0. The molecule has 0 aromatic carbocycles. The molecular weight excluding hydrogens is 292 g/mol. The summed E-state index contributed by atoms with van der Waals surface area (Å²) in [4.78, 5) is 1.09. The number of hydrogen-bond acceptors (Lipinski definition) is 4. The van der Waals surface area contributed by atoms with Gasteiger partial charge in [0.2, 0.25) is 0 Å². The van der Waals surface area contributed by atoms with Gasteiger partial charge in [-0.05, 0) is 31.5 Å². The van der Waals surface area contributed by atoms with E-state index in [0.717, 1.165) is 30.0 Å². The summed E-state index contributed by atoms with van der Waals surface area (Å²) in [6.07, 6.45) is 2.68. The number of rotatable bonds is 9. The van der Waals surface area contributed by atoms with Crippen LogP contribution >= 0.6 is 11.3 Å². The van der Waals surface area contributed by atoms with Gasteiger partial charge in [-0.15, -0.1) is 17.9 Å². The molecule has 6 heteroatoms. The van der Waals surface area contributed by atoms with E-state index >= 15 is 0 Å². The predicted molar refractivity (Wildman–Crippen MR) is 85.7 cm³/mol. The summed E-state index contributed by atoms with van der Waals surface area (Å²) in [6, 6.07) is 1.77. The average Bonchev–Trinajstić information content (AvgIpc) is 2.78. The molecule has 0 unspecified atom stereocenters. The second-order valence-corrected chi connectivity index (χ2v) is 7.89. The minimum Gasteiger partial charge on any atom is -0.312 e. The summed E-state index contributed by atoms with van der Waals surface area (Å²) < 4.78 is 26.9. The van der Waals surface area contributed by atoms with Crippen molar-refractivity contribution in [3.8, 4) is 0 Å². The van der Waals surface area contributed by atoms with E-state index in [1.807, 2.05) is 13.8 Å². The van der Waals surface area contributed by atoms with E-state index < -0.39 is 10.0 Å². The summed E-state index contributed by atoms with van der Waals surface area (Å²) in [5, 5.41) is 3.31. The zero-order chi connectivity index (χ0) is 15.2. The third-order valence-electron chi connectivity index (χ3n) is 2.99. The van der Waals surface area contributed by atoms with Gasteiger partial charge in [-0.1, -0.05) is 19.9 Å². The maximum Gasteiger partial charge on any atom is 0.252 e. The molecule has 0 bridgehead atoms. The minimum absolute atomic E-state index is 0.346. The van der Waals surface area contributed by atoms with Crippen molar-refractivity contribution < 1.29 is 8.42 Å². The van der Waals surface area contributed by atoms with Crippen LogP contribution in [-0.4, -0.2) is 32.4 Å². The van der Waals surface area contributed by atoms with E-state index in [0.29, 0.717) is 17.3 Å². The average molecular weight is 316 g/mol. The Balaban J connectivity index is 2.95. The highest BCUT2D eigenvalue weighted by atomic mass is 32.2. The Morgan fingerprint density at radius 2 is 2.15 bits per heavy atom. The van der Waals surface area contributed by atoms with E-state index in [1.54, 1.807) is 12.1 Å². The molecule has 0 aliphatic heterocycles. The van der Waals surface area contributed by atoms with Crippen LogP contribution < -0.4 is 5.32 Å². The van der Waals surface area contributed by atoms with Crippen LogP contribution in [-0.2, 0) is 16.6 Å². The maximum atomic E-state index is 12.5. The molecule has 4 nitrogen and oxygen atoms in total. The molecule has 1 aromatic heterocycles. The fourth-order valence-electron chi connectivity index (χ4n) is 1.84. The van der Waals surface area contributed by atoms with E-state index in [9.17, 15) is 8.42 Å². The van der Waals surface area contributed by atoms with Crippen LogP contribution in [0.15, 0.2) is 22.9 Å². The SMILES string of the molecule is C=CCN(CC)S(=O)(=O)c1cc(C)c(CNCCC)s1. The molecule has 0 aliphatic carbocycles. The van der Waals surface area contributed by atoms with Crippen LogP contribution in [0.25, 0.3) is 0 Å². The third-order valence-corrected chi connectivity index (χ3v) is 6.62. The molecule has 0 fully saturated rings. The lowest BCUT2D eigenvalue weighted by atomic mass is 10.3. The number of sulfonamides is 1. The van der Waals surface area contributed by atoms with Gasteiger partial charge in [0.15, 0.2) is 0 Å². The van der Waals surface area contributed by atoms with Crippen molar-refractivity contribution in [1.82, 2.24) is 9.62 Å². The highest BCUT2D eigenvalue weighted by Crippen LogP contribution is 2.28. The lowest BCUT2D eigenvalue weighted by molar-refractivity contribution is 0.461. The van der Waals surface area contributed by atoms with Crippen molar-refractivity contribution in [1.29, 1.82) is 0 Å². The van der Waals surface area contributed by atoms with Crippen molar-refractivity contribution in [3.63, 3.8) is 0 Å². The van der Waals surface area contributed by atoms with Gasteiger partial charge in [-0.2, -0.15) is 4.31 Å². The summed E-state index contributed by atoms with van der Waals surface area (Å²) >= 11 is 1.36. The minimum atomic E-state index is -3.39. The van der Waals surface area contributed by atoms with E-state index in [2.05, 4.69) is 18.8 Å². The van der Waals surface area contributed by atoms with Gasteiger partial charge < -0.3 is 5.32 Å². The van der Waals surface area contributed by atoms with Gasteiger partial charge in [0.05, 0.1) is 0 Å². The number of thiophene rings is 1. The Morgan fingerprint density at radius 1 is 1.45 bits per heavy atom. The van der Waals surface area contributed by atoms with Crippen LogP contribution in [0.5, 0.6) is 0 Å². The van der Waals surface area contributed by atoms with Gasteiger partial charge in [0.25, 0.3) is 10.0 Å². The molecule has 0 radical (unpaired) electrons. The first kappa shape index (κ1) is 17.4. The molecule has 0 amide bonds. The molecule has 1 rings (SSSR count). The standard InChI is InChI=1S/C14H24N2O2S2/c1-5-8-15-11-13-12(4)10-14(19-13)20(17,18)16(7-3)9-6-2/h6,10,15H,2,5,7-9,11H2,1,3-4H3. The largest absolute Gasteiger partial charge is 0.312 e. The van der Waals surface area contributed by atoms with Gasteiger partial charge in [-0.25, -0.2) is 8.42 Å². The highest BCUT2D eigenvalue weighted by molar-refractivity contribution is 7.91. The lowest BCUT2D eigenvalue weighted by Crippen LogP contribution is -2.30. The van der Waals surface area contributed by atoms with Crippen molar-refractivity contribution in [3.05, 3.63) is 29.2 Å². The van der Waals surface area contributed by atoms with Crippen LogP contribution in [0.3, 0.4) is 0 Å². The molecule has 20 heavy (non-hydrogen) atoms.